The number of benzene rings is 1. The van der Waals surface area contributed by atoms with E-state index in [1.165, 1.54) is 11.3 Å². The maximum atomic E-state index is 12.0. The molecule has 3 aromatic rings. The molecule has 106 valence electrons. The molecule has 0 spiro atoms. The normalized spacial score (nSPS) is 12.0. The standard InChI is InChI=1S/C15H14N4OS/c1-10(11-6-8-16-9-7-11)17-14(20)19-15-18-12-4-2-3-5-13(12)21-15/h2-10H,1H3,(H2,17,18,19,20). The van der Waals surface area contributed by atoms with Crippen LogP contribution >= 0.6 is 11.3 Å². The lowest BCUT2D eigenvalue weighted by atomic mass is 10.1. The van der Waals surface area contributed by atoms with Crippen LogP contribution < -0.4 is 10.6 Å². The molecule has 21 heavy (non-hydrogen) atoms. The van der Waals surface area contributed by atoms with Gasteiger partial charge in [0, 0.05) is 12.4 Å². The van der Waals surface area contributed by atoms with Crippen molar-refractivity contribution in [2.45, 2.75) is 13.0 Å². The van der Waals surface area contributed by atoms with E-state index in [-0.39, 0.29) is 12.1 Å². The average Bonchev–Trinajstić information content (AvgIpc) is 2.90. The van der Waals surface area contributed by atoms with Crippen molar-refractivity contribution in [3.05, 3.63) is 54.4 Å². The van der Waals surface area contributed by atoms with Crippen LogP contribution in [0.5, 0.6) is 0 Å². The molecule has 0 radical (unpaired) electrons. The molecule has 0 fully saturated rings. The summed E-state index contributed by atoms with van der Waals surface area (Å²) in [6, 6.07) is 11.2. The second kappa shape index (κ2) is 5.88. The van der Waals surface area contributed by atoms with Crippen LogP contribution in [0.2, 0.25) is 0 Å². The maximum absolute atomic E-state index is 12.0. The number of fused-ring (bicyclic) bond motifs is 1. The molecule has 2 N–H and O–H groups in total. The molecule has 2 amide bonds. The fourth-order valence-electron chi connectivity index (χ4n) is 1.99. The number of aromatic nitrogens is 2. The predicted molar refractivity (Wildman–Crippen MR) is 84.4 cm³/mol. The topological polar surface area (TPSA) is 66.9 Å². The summed E-state index contributed by atoms with van der Waals surface area (Å²) < 4.78 is 1.05. The van der Waals surface area contributed by atoms with E-state index in [2.05, 4.69) is 20.6 Å². The molecular weight excluding hydrogens is 284 g/mol. The number of anilines is 1. The van der Waals surface area contributed by atoms with Crippen molar-refractivity contribution in [1.29, 1.82) is 0 Å². The second-order valence-corrected chi connectivity index (χ2v) is 5.62. The first-order chi connectivity index (χ1) is 10.2. The molecule has 2 aromatic heterocycles. The summed E-state index contributed by atoms with van der Waals surface area (Å²) in [5.74, 6) is 0. The molecule has 0 bridgehead atoms. The van der Waals surface area contributed by atoms with Crippen LogP contribution in [0.3, 0.4) is 0 Å². The van der Waals surface area contributed by atoms with Gasteiger partial charge in [0.25, 0.3) is 0 Å². The number of thiazole rings is 1. The van der Waals surface area contributed by atoms with E-state index in [0.717, 1.165) is 15.8 Å². The van der Waals surface area contributed by atoms with E-state index in [1.807, 2.05) is 43.3 Å². The minimum absolute atomic E-state index is 0.0950. The molecule has 1 unspecified atom stereocenters. The van der Waals surface area contributed by atoms with Crippen LogP contribution in [0.15, 0.2) is 48.8 Å². The van der Waals surface area contributed by atoms with E-state index in [4.69, 9.17) is 0 Å². The SMILES string of the molecule is CC(NC(=O)Nc1nc2ccccc2s1)c1ccncc1. The lowest BCUT2D eigenvalue weighted by Gasteiger charge is -2.13. The molecular formula is C15H14N4OS. The lowest BCUT2D eigenvalue weighted by Crippen LogP contribution is -2.31. The molecule has 0 aliphatic heterocycles. The van der Waals surface area contributed by atoms with Gasteiger partial charge in [-0.3, -0.25) is 10.3 Å². The Labute approximate surface area is 126 Å². The molecule has 0 aliphatic carbocycles. The number of carbonyl (C=O) groups is 1. The van der Waals surface area contributed by atoms with Gasteiger partial charge >= 0.3 is 6.03 Å². The summed E-state index contributed by atoms with van der Waals surface area (Å²) in [6.07, 6.45) is 3.41. The van der Waals surface area contributed by atoms with Crippen LogP contribution in [-0.2, 0) is 0 Å². The molecule has 1 atom stereocenters. The monoisotopic (exact) mass is 298 g/mol. The molecule has 0 aliphatic rings. The molecule has 0 saturated carbocycles. The third-order valence-corrected chi connectivity index (χ3v) is 4.02. The summed E-state index contributed by atoms with van der Waals surface area (Å²) in [5.41, 5.74) is 1.89. The first-order valence-corrected chi connectivity index (χ1v) is 7.37. The second-order valence-electron chi connectivity index (χ2n) is 4.59. The van der Waals surface area contributed by atoms with Gasteiger partial charge in [-0.1, -0.05) is 23.5 Å². The van der Waals surface area contributed by atoms with Crippen LogP contribution in [0.1, 0.15) is 18.5 Å². The van der Waals surface area contributed by atoms with E-state index in [9.17, 15) is 4.79 Å². The molecule has 3 rings (SSSR count). The van der Waals surface area contributed by atoms with Gasteiger partial charge in [0.1, 0.15) is 0 Å². The number of hydrogen-bond acceptors (Lipinski definition) is 4. The van der Waals surface area contributed by atoms with E-state index in [1.54, 1.807) is 12.4 Å². The highest BCUT2D eigenvalue weighted by atomic mass is 32.1. The van der Waals surface area contributed by atoms with Gasteiger partial charge in [0.15, 0.2) is 5.13 Å². The summed E-state index contributed by atoms with van der Waals surface area (Å²) in [7, 11) is 0. The average molecular weight is 298 g/mol. The van der Waals surface area contributed by atoms with Gasteiger partial charge in [0.2, 0.25) is 0 Å². The van der Waals surface area contributed by atoms with E-state index < -0.39 is 0 Å². The van der Waals surface area contributed by atoms with Crippen molar-refractivity contribution in [1.82, 2.24) is 15.3 Å². The third kappa shape index (κ3) is 3.17. The summed E-state index contributed by atoms with van der Waals surface area (Å²) in [4.78, 5) is 20.3. The zero-order chi connectivity index (χ0) is 14.7. The Kier molecular flexibility index (Phi) is 3.79. The Bertz CT molecular complexity index is 723. The number of pyridine rings is 1. The molecule has 1 aromatic carbocycles. The van der Waals surface area contributed by atoms with Crippen LogP contribution in [0, 0.1) is 0 Å². The number of urea groups is 1. The van der Waals surface area contributed by atoms with Gasteiger partial charge in [-0.2, -0.15) is 0 Å². The highest BCUT2D eigenvalue weighted by Crippen LogP contribution is 2.25. The van der Waals surface area contributed by atoms with Crippen LogP contribution in [0.25, 0.3) is 10.2 Å². The van der Waals surface area contributed by atoms with Gasteiger partial charge in [-0.15, -0.1) is 0 Å². The first-order valence-electron chi connectivity index (χ1n) is 6.55. The number of nitrogens with zero attached hydrogens (tertiary/aromatic N) is 2. The van der Waals surface area contributed by atoms with Crippen LogP contribution in [-0.4, -0.2) is 16.0 Å². The number of nitrogens with one attached hydrogen (secondary N) is 2. The lowest BCUT2D eigenvalue weighted by molar-refractivity contribution is 0.249. The quantitative estimate of drug-likeness (QED) is 0.776. The number of rotatable bonds is 3. The van der Waals surface area contributed by atoms with Crippen LogP contribution in [0.4, 0.5) is 9.93 Å². The number of para-hydroxylation sites is 1. The Morgan fingerprint density at radius 2 is 1.95 bits per heavy atom. The Morgan fingerprint density at radius 3 is 2.71 bits per heavy atom. The van der Waals surface area contributed by atoms with Gasteiger partial charge in [-0.05, 0) is 36.8 Å². The minimum atomic E-state index is -0.265. The fourth-order valence-corrected chi connectivity index (χ4v) is 2.85. The summed E-state index contributed by atoms with van der Waals surface area (Å²) >= 11 is 1.46. The van der Waals surface area contributed by atoms with E-state index >= 15 is 0 Å². The van der Waals surface area contributed by atoms with Crippen molar-refractivity contribution >= 4 is 32.7 Å². The van der Waals surface area contributed by atoms with Crippen molar-refractivity contribution in [3.63, 3.8) is 0 Å². The zero-order valence-electron chi connectivity index (χ0n) is 11.4. The smallest absolute Gasteiger partial charge is 0.321 e. The van der Waals surface area contributed by atoms with Crippen molar-refractivity contribution in [2.75, 3.05) is 5.32 Å². The molecule has 2 heterocycles. The molecule has 0 saturated heterocycles. The van der Waals surface area contributed by atoms with Gasteiger partial charge in [-0.25, -0.2) is 9.78 Å². The molecule has 5 nitrogen and oxygen atoms in total. The summed E-state index contributed by atoms with van der Waals surface area (Å²) in [5, 5.41) is 6.24. The Balaban J connectivity index is 1.66. The van der Waals surface area contributed by atoms with Crippen molar-refractivity contribution in [3.8, 4) is 0 Å². The number of carbonyl (C=O) groups excluding carboxylic acids is 1. The van der Waals surface area contributed by atoms with Crippen molar-refractivity contribution in [2.24, 2.45) is 0 Å². The predicted octanol–water partition coefficient (Wildman–Crippen LogP) is 3.57. The van der Waals surface area contributed by atoms with Gasteiger partial charge in [0.05, 0.1) is 16.3 Å². The first kappa shape index (κ1) is 13.5. The Hall–Kier alpha value is -2.47. The Morgan fingerprint density at radius 1 is 1.19 bits per heavy atom. The number of amides is 2. The molecule has 6 heteroatoms. The van der Waals surface area contributed by atoms with E-state index in [0.29, 0.717) is 5.13 Å². The number of hydrogen-bond donors (Lipinski definition) is 2. The van der Waals surface area contributed by atoms with Gasteiger partial charge < -0.3 is 5.32 Å². The highest BCUT2D eigenvalue weighted by Gasteiger charge is 2.11. The zero-order valence-corrected chi connectivity index (χ0v) is 12.2. The van der Waals surface area contributed by atoms with Crippen molar-refractivity contribution < 1.29 is 4.79 Å². The minimum Gasteiger partial charge on any atom is -0.331 e. The fraction of sp³-hybridized carbons (Fsp3) is 0.133. The third-order valence-electron chi connectivity index (χ3n) is 3.07. The maximum Gasteiger partial charge on any atom is 0.321 e. The highest BCUT2D eigenvalue weighted by molar-refractivity contribution is 7.22. The largest absolute Gasteiger partial charge is 0.331 e. The summed E-state index contributed by atoms with van der Waals surface area (Å²) in [6.45, 7) is 1.92.